The van der Waals surface area contributed by atoms with Crippen molar-refractivity contribution in [2.75, 3.05) is 25.5 Å². The van der Waals surface area contributed by atoms with Gasteiger partial charge in [0.05, 0.1) is 22.2 Å². The van der Waals surface area contributed by atoms with E-state index < -0.39 is 17.7 Å². The summed E-state index contributed by atoms with van der Waals surface area (Å²) in [6, 6.07) is 16.8. The molecule has 0 radical (unpaired) electrons. The molecular weight excluding hydrogens is 434 g/mol. The lowest BCUT2D eigenvalue weighted by Crippen LogP contribution is -2.31. The molecule has 0 bridgehead atoms. The van der Waals surface area contributed by atoms with Crippen LogP contribution in [-0.4, -0.2) is 47.3 Å². The van der Waals surface area contributed by atoms with Gasteiger partial charge in [-0.3, -0.25) is 9.59 Å². The topological polar surface area (TPSA) is 73.7 Å². The minimum Gasteiger partial charge on any atom is -0.503 e. The molecule has 0 spiro atoms. The summed E-state index contributed by atoms with van der Waals surface area (Å²) >= 11 is 1.29. The Labute approximate surface area is 197 Å². The molecule has 0 saturated heterocycles. The van der Waals surface area contributed by atoms with Crippen LogP contribution in [0.5, 0.6) is 0 Å². The highest BCUT2D eigenvalue weighted by Crippen LogP contribution is 2.41. The fraction of sp³-hybridized carbons (Fsp3) is 0.269. The lowest BCUT2D eigenvalue weighted by atomic mass is 9.94. The SMILES string of the molecule is CCCN1C(=O)C(O)=C(C(=O)c2sc(-c3ccccc3)nc2C)C1c1ccc(N(C)C)cc1. The van der Waals surface area contributed by atoms with Crippen molar-refractivity contribution < 1.29 is 14.7 Å². The molecule has 1 aromatic heterocycles. The molecule has 6 nitrogen and oxygen atoms in total. The molecule has 2 heterocycles. The first-order valence-electron chi connectivity index (χ1n) is 10.9. The third-order valence-electron chi connectivity index (χ3n) is 5.76. The average Bonchev–Trinajstić information content (AvgIpc) is 3.32. The van der Waals surface area contributed by atoms with Crippen molar-refractivity contribution in [3.8, 4) is 10.6 Å². The number of thiazole rings is 1. The van der Waals surface area contributed by atoms with Gasteiger partial charge in [-0.1, -0.05) is 49.4 Å². The Kier molecular flexibility index (Phi) is 6.33. The maximum Gasteiger partial charge on any atom is 0.290 e. The van der Waals surface area contributed by atoms with E-state index in [1.807, 2.05) is 80.5 Å². The molecule has 4 rings (SSSR count). The zero-order valence-corrected chi connectivity index (χ0v) is 20.0. The van der Waals surface area contributed by atoms with E-state index in [1.165, 1.54) is 11.3 Å². The molecule has 1 N–H and O–H groups in total. The molecule has 1 aliphatic heterocycles. The number of nitrogens with zero attached hydrogens (tertiary/aromatic N) is 3. The second-order valence-corrected chi connectivity index (χ2v) is 9.28. The summed E-state index contributed by atoms with van der Waals surface area (Å²) in [6.45, 7) is 4.20. The zero-order chi connectivity index (χ0) is 23.7. The van der Waals surface area contributed by atoms with Crippen LogP contribution in [-0.2, 0) is 4.79 Å². The van der Waals surface area contributed by atoms with Crippen LogP contribution in [0.4, 0.5) is 5.69 Å². The van der Waals surface area contributed by atoms with Gasteiger partial charge in [-0.05, 0) is 31.0 Å². The molecular formula is C26H27N3O3S. The monoisotopic (exact) mass is 461 g/mol. The van der Waals surface area contributed by atoms with Gasteiger partial charge in [-0.2, -0.15) is 0 Å². The molecule has 0 fully saturated rings. The fourth-order valence-electron chi connectivity index (χ4n) is 4.09. The minimum atomic E-state index is -0.636. The first kappa shape index (κ1) is 22.7. The third kappa shape index (κ3) is 4.16. The van der Waals surface area contributed by atoms with Crippen molar-refractivity contribution in [2.24, 2.45) is 0 Å². The molecule has 33 heavy (non-hydrogen) atoms. The largest absolute Gasteiger partial charge is 0.503 e. The van der Waals surface area contributed by atoms with E-state index in [0.717, 1.165) is 21.8 Å². The predicted octanol–water partition coefficient (Wildman–Crippen LogP) is 5.17. The molecule has 7 heteroatoms. The Bertz CT molecular complexity index is 1210. The van der Waals surface area contributed by atoms with Crippen LogP contribution in [0.1, 0.15) is 40.3 Å². The minimum absolute atomic E-state index is 0.123. The molecule has 3 aromatic rings. The highest BCUT2D eigenvalue weighted by Gasteiger charge is 2.44. The summed E-state index contributed by atoms with van der Waals surface area (Å²) < 4.78 is 0. The van der Waals surface area contributed by atoms with E-state index >= 15 is 0 Å². The van der Waals surface area contributed by atoms with Crippen molar-refractivity contribution >= 4 is 28.7 Å². The van der Waals surface area contributed by atoms with E-state index in [0.29, 0.717) is 23.5 Å². The third-order valence-corrected chi connectivity index (χ3v) is 6.97. The number of carbonyl (C=O) groups is 2. The number of rotatable bonds is 7. The Morgan fingerprint density at radius 2 is 1.79 bits per heavy atom. The van der Waals surface area contributed by atoms with E-state index in [1.54, 1.807) is 11.8 Å². The lowest BCUT2D eigenvalue weighted by molar-refractivity contribution is -0.129. The van der Waals surface area contributed by atoms with Gasteiger partial charge in [-0.15, -0.1) is 11.3 Å². The number of amides is 1. The van der Waals surface area contributed by atoms with Crippen LogP contribution >= 0.6 is 11.3 Å². The number of hydrogen-bond acceptors (Lipinski definition) is 6. The second kappa shape index (κ2) is 9.19. The van der Waals surface area contributed by atoms with Crippen molar-refractivity contribution in [2.45, 2.75) is 26.3 Å². The maximum absolute atomic E-state index is 13.7. The van der Waals surface area contributed by atoms with Crippen LogP contribution in [0, 0.1) is 6.92 Å². The Morgan fingerprint density at radius 1 is 1.12 bits per heavy atom. The number of ketones is 1. The number of aryl methyl sites for hydroxylation is 1. The Balaban J connectivity index is 1.77. The number of benzene rings is 2. The van der Waals surface area contributed by atoms with Gasteiger partial charge in [0.15, 0.2) is 5.76 Å². The number of carbonyl (C=O) groups excluding carboxylic acids is 2. The number of hydrogen-bond donors (Lipinski definition) is 1. The predicted molar refractivity (Wildman–Crippen MR) is 132 cm³/mol. The van der Waals surface area contributed by atoms with Crippen molar-refractivity contribution in [1.82, 2.24) is 9.88 Å². The molecule has 2 aromatic carbocycles. The Hall–Kier alpha value is -3.45. The van der Waals surface area contributed by atoms with Crippen LogP contribution in [0.25, 0.3) is 10.6 Å². The smallest absolute Gasteiger partial charge is 0.290 e. The molecule has 0 aliphatic carbocycles. The number of aromatic nitrogens is 1. The fourth-order valence-corrected chi connectivity index (χ4v) is 5.12. The summed E-state index contributed by atoms with van der Waals surface area (Å²) in [5.74, 6) is -1.32. The van der Waals surface area contributed by atoms with Gasteiger partial charge >= 0.3 is 0 Å². The van der Waals surface area contributed by atoms with E-state index in [9.17, 15) is 14.7 Å². The molecule has 0 saturated carbocycles. The summed E-state index contributed by atoms with van der Waals surface area (Å²) in [5, 5.41) is 11.6. The maximum atomic E-state index is 13.7. The van der Waals surface area contributed by atoms with Gasteiger partial charge in [0.2, 0.25) is 5.78 Å². The summed E-state index contributed by atoms with van der Waals surface area (Å²) in [5.41, 5.74) is 3.44. The lowest BCUT2D eigenvalue weighted by Gasteiger charge is -2.26. The van der Waals surface area contributed by atoms with E-state index in [-0.39, 0.29) is 11.4 Å². The van der Waals surface area contributed by atoms with Crippen molar-refractivity contribution in [1.29, 1.82) is 0 Å². The van der Waals surface area contributed by atoms with E-state index in [4.69, 9.17) is 0 Å². The van der Waals surface area contributed by atoms with Gasteiger partial charge in [0.25, 0.3) is 5.91 Å². The molecule has 170 valence electrons. The van der Waals surface area contributed by atoms with Gasteiger partial charge in [0.1, 0.15) is 5.01 Å². The normalized spacial score (nSPS) is 15.9. The highest BCUT2D eigenvalue weighted by molar-refractivity contribution is 7.17. The van der Waals surface area contributed by atoms with Crippen molar-refractivity contribution in [3.05, 3.63) is 82.1 Å². The first-order chi connectivity index (χ1) is 15.8. The van der Waals surface area contributed by atoms with Gasteiger partial charge < -0.3 is 14.9 Å². The molecule has 1 unspecified atom stereocenters. The first-order valence-corrected chi connectivity index (χ1v) is 11.7. The second-order valence-electron chi connectivity index (χ2n) is 8.28. The van der Waals surface area contributed by atoms with Crippen LogP contribution in [0.15, 0.2) is 65.9 Å². The van der Waals surface area contributed by atoms with Crippen LogP contribution in [0.3, 0.4) is 0 Å². The summed E-state index contributed by atoms with van der Waals surface area (Å²) in [4.78, 5) is 35.3. The van der Waals surface area contributed by atoms with Crippen molar-refractivity contribution in [3.63, 3.8) is 0 Å². The number of anilines is 1. The van der Waals surface area contributed by atoms with E-state index in [2.05, 4.69) is 4.98 Å². The molecule has 1 aliphatic rings. The number of aliphatic hydroxyl groups is 1. The average molecular weight is 462 g/mol. The summed E-state index contributed by atoms with van der Waals surface area (Å²) in [7, 11) is 3.91. The van der Waals surface area contributed by atoms with Gasteiger partial charge in [0, 0.05) is 31.9 Å². The molecule has 1 amide bonds. The standard InChI is InChI=1S/C26H27N3O3S/c1-5-15-29-21(17-11-13-19(14-12-17)28(3)4)20(23(31)26(29)32)22(30)24-16(2)27-25(33-24)18-9-7-6-8-10-18/h6-14,21,31H,5,15H2,1-4H3. The number of Topliss-reactive ketones (excluding diaryl/α,β-unsaturated/α-hetero) is 1. The zero-order valence-electron chi connectivity index (χ0n) is 19.2. The van der Waals surface area contributed by atoms with Crippen LogP contribution < -0.4 is 4.90 Å². The quantitative estimate of drug-likeness (QED) is 0.491. The highest BCUT2D eigenvalue weighted by atomic mass is 32.1. The summed E-state index contributed by atoms with van der Waals surface area (Å²) in [6.07, 6.45) is 0.713. The van der Waals surface area contributed by atoms with Gasteiger partial charge in [-0.25, -0.2) is 4.98 Å². The van der Waals surface area contributed by atoms with Crippen LogP contribution in [0.2, 0.25) is 0 Å². The Morgan fingerprint density at radius 3 is 2.39 bits per heavy atom. The number of aliphatic hydroxyl groups excluding tert-OH is 1. The molecule has 1 atom stereocenters.